The molecule has 2 heterocycles. The molecular weight excluding hydrogens is 488 g/mol. The number of hydrogen-bond donors (Lipinski definition) is 6. The van der Waals surface area contributed by atoms with Gasteiger partial charge in [0.25, 0.3) is 0 Å². The van der Waals surface area contributed by atoms with E-state index in [1.165, 1.54) is 7.11 Å². The quantitative estimate of drug-likeness (QED) is 0.0702. The number of methoxy groups -OCH3 is 1. The molecule has 0 amide bonds. The SMILES string of the molecule is COC1[C@@H](O)C(CO)O[C@@H](O[C@H]2C(CO)O[C@@H](C)[C@H](OSOOO)C2O)[C@@H]1OSOOO. The Hall–Kier alpha value is 0.0600. The molecule has 0 aromatic carbocycles. The molecule has 2 saturated heterocycles. The van der Waals surface area contributed by atoms with Gasteiger partial charge in [-0.05, 0) is 6.92 Å². The van der Waals surface area contributed by atoms with E-state index in [0.29, 0.717) is 0 Å². The van der Waals surface area contributed by atoms with Crippen molar-refractivity contribution in [1.29, 1.82) is 0 Å². The molecule has 16 nitrogen and oxygen atoms in total. The van der Waals surface area contributed by atoms with Crippen LogP contribution in [-0.2, 0) is 46.1 Å². The standard InChI is InChI=1S/C14H26O16S2/c1-5-10(25-31-29-27-19)9(18)11(7(4-16)22-5)24-14-13(26-32-30-28-20)12(21-2)8(17)6(3-15)23-14/h5-20H,3-4H2,1-2H3/t5-,6?,7?,8-,9?,10-,11-,12?,13+,14-/m0/s1. The third-order valence-electron chi connectivity index (χ3n) is 4.85. The fourth-order valence-corrected chi connectivity index (χ4v) is 4.16. The van der Waals surface area contributed by atoms with Crippen LogP contribution in [0, 0.1) is 0 Å². The first-order chi connectivity index (χ1) is 15.4. The minimum Gasteiger partial charge on any atom is -0.394 e. The Morgan fingerprint density at radius 3 is 1.91 bits per heavy atom. The van der Waals surface area contributed by atoms with Gasteiger partial charge in [-0.3, -0.25) is 8.37 Å². The molecule has 2 rings (SSSR count). The minimum atomic E-state index is -1.43. The molecule has 0 spiro atoms. The summed E-state index contributed by atoms with van der Waals surface area (Å²) in [6.07, 6.45) is -11.9. The first kappa shape index (κ1) is 28.3. The van der Waals surface area contributed by atoms with Gasteiger partial charge in [0.15, 0.2) is 37.0 Å². The molecule has 0 aliphatic carbocycles. The molecule has 0 saturated carbocycles. The van der Waals surface area contributed by atoms with Crippen molar-refractivity contribution in [2.24, 2.45) is 0 Å². The molecule has 190 valence electrons. The minimum absolute atomic E-state index is 0.166. The molecule has 2 fully saturated rings. The van der Waals surface area contributed by atoms with Gasteiger partial charge in [0, 0.05) is 7.11 Å². The lowest BCUT2D eigenvalue weighted by Crippen LogP contribution is -2.64. The van der Waals surface area contributed by atoms with E-state index >= 15 is 0 Å². The number of aliphatic hydroxyl groups is 4. The predicted octanol–water partition coefficient (Wildman–Crippen LogP) is -1.66. The van der Waals surface area contributed by atoms with E-state index in [4.69, 9.17) is 37.8 Å². The van der Waals surface area contributed by atoms with Crippen molar-refractivity contribution in [2.75, 3.05) is 20.3 Å². The normalized spacial score (nSPS) is 40.5. The smallest absolute Gasteiger partial charge is 0.198 e. The summed E-state index contributed by atoms with van der Waals surface area (Å²) in [4.78, 5) is 0. The number of ether oxygens (including phenoxy) is 4. The Morgan fingerprint density at radius 1 is 0.781 bits per heavy atom. The van der Waals surface area contributed by atoms with Crippen molar-refractivity contribution in [2.45, 2.75) is 68.1 Å². The van der Waals surface area contributed by atoms with Crippen molar-refractivity contribution in [3.8, 4) is 0 Å². The van der Waals surface area contributed by atoms with Gasteiger partial charge in [-0.25, -0.2) is 10.5 Å². The summed E-state index contributed by atoms with van der Waals surface area (Å²) in [5.41, 5.74) is 0. The molecule has 6 N–H and O–H groups in total. The maximum Gasteiger partial charge on any atom is 0.198 e. The largest absolute Gasteiger partial charge is 0.394 e. The first-order valence-electron chi connectivity index (χ1n) is 9.10. The second-order valence-corrected chi connectivity index (χ2v) is 7.54. The van der Waals surface area contributed by atoms with Crippen LogP contribution in [0.4, 0.5) is 0 Å². The zero-order chi connectivity index (χ0) is 23.7. The highest BCUT2D eigenvalue weighted by Gasteiger charge is 2.52. The molecule has 0 bridgehead atoms. The van der Waals surface area contributed by atoms with Crippen LogP contribution in [0.1, 0.15) is 6.92 Å². The van der Waals surface area contributed by atoms with Gasteiger partial charge >= 0.3 is 0 Å². The number of aliphatic hydroxyl groups excluding tert-OH is 4. The molecule has 0 aromatic heterocycles. The summed E-state index contributed by atoms with van der Waals surface area (Å²) in [5, 5.41) is 63.8. The lowest BCUT2D eigenvalue weighted by Gasteiger charge is -2.47. The van der Waals surface area contributed by atoms with Crippen LogP contribution in [0.15, 0.2) is 0 Å². The summed E-state index contributed by atoms with van der Waals surface area (Å²) in [7, 11) is 1.26. The predicted molar refractivity (Wildman–Crippen MR) is 99.4 cm³/mol. The topological polar surface area (TPSA) is 214 Å². The van der Waals surface area contributed by atoms with E-state index in [9.17, 15) is 20.4 Å². The first-order valence-corrected chi connectivity index (χ1v) is 10.4. The van der Waals surface area contributed by atoms with Gasteiger partial charge in [0.1, 0.15) is 42.7 Å². The summed E-state index contributed by atoms with van der Waals surface area (Å²) in [6, 6.07) is 0. The zero-order valence-corrected chi connectivity index (χ0v) is 18.4. The van der Waals surface area contributed by atoms with Crippen LogP contribution >= 0.6 is 24.6 Å². The van der Waals surface area contributed by atoms with Gasteiger partial charge in [0.05, 0.1) is 19.3 Å². The highest BCUT2D eigenvalue weighted by atomic mass is 32.2. The van der Waals surface area contributed by atoms with Gasteiger partial charge in [-0.2, -0.15) is 0 Å². The van der Waals surface area contributed by atoms with Crippen LogP contribution in [0.3, 0.4) is 0 Å². The Morgan fingerprint density at radius 2 is 1.38 bits per heavy atom. The summed E-state index contributed by atoms with van der Waals surface area (Å²) in [6.45, 7) is 0.385. The molecule has 2 aliphatic rings. The van der Waals surface area contributed by atoms with Crippen molar-refractivity contribution < 1.29 is 77.0 Å². The average Bonchev–Trinajstić information content (AvgIpc) is 2.79. The fraction of sp³-hybridized carbons (Fsp3) is 1.00. The van der Waals surface area contributed by atoms with Crippen molar-refractivity contribution >= 4 is 24.6 Å². The fourth-order valence-electron chi connectivity index (χ4n) is 3.39. The van der Waals surface area contributed by atoms with Gasteiger partial charge in [0.2, 0.25) is 0 Å². The van der Waals surface area contributed by atoms with Gasteiger partial charge in [-0.1, -0.05) is 10.1 Å². The molecule has 0 aromatic rings. The van der Waals surface area contributed by atoms with Crippen molar-refractivity contribution in [3.63, 3.8) is 0 Å². The number of rotatable bonds is 13. The molecule has 0 radical (unpaired) electrons. The molecule has 10 atom stereocenters. The van der Waals surface area contributed by atoms with E-state index in [-0.39, 0.29) is 24.6 Å². The van der Waals surface area contributed by atoms with Crippen molar-refractivity contribution in [1.82, 2.24) is 0 Å². The third-order valence-corrected chi connectivity index (χ3v) is 5.69. The highest BCUT2D eigenvalue weighted by Crippen LogP contribution is 2.34. The maximum atomic E-state index is 10.8. The molecule has 18 heteroatoms. The second kappa shape index (κ2) is 14.5. The van der Waals surface area contributed by atoms with Crippen molar-refractivity contribution in [3.05, 3.63) is 0 Å². The van der Waals surface area contributed by atoms with Crippen LogP contribution < -0.4 is 0 Å². The lowest BCUT2D eigenvalue weighted by molar-refractivity contribution is -0.435. The summed E-state index contributed by atoms with van der Waals surface area (Å²) >= 11 is 0.383. The van der Waals surface area contributed by atoms with E-state index in [1.807, 2.05) is 0 Å². The third kappa shape index (κ3) is 7.04. The summed E-state index contributed by atoms with van der Waals surface area (Å²) in [5.74, 6) is 0. The Kier molecular flexibility index (Phi) is 12.8. The molecular formula is C14H26O16S2. The number of hydrogen-bond acceptors (Lipinski definition) is 18. The van der Waals surface area contributed by atoms with Crippen LogP contribution in [0.2, 0.25) is 0 Å². The van der Waals surface area contributed by atoms with E-state index in [0.717, 1.165) is 0 Å². The van der Waals surface area contributed by atoms with E-state index in [1.54, 1.807) is 6.92 Å². The maximum absolute atomic E-state index is 10.8. The van der Waals surface area contributed by atoms with E-state index in [2.05, 4.69) is 18.7 Å². The molecule has 2 aliphatic heterocycles. The van der Waals surface area contributed by atoms with Crippen LogP contribution in [0.5, 0.6) is 0 Å². The lowest BCUT2D eigenvalue weighted by atomic mass is 9.95. The van der Waals surface area contributed by atoms with Gasteiger partial charge in [-0.15, -0.1) is 8.67 Å². The summed E-state index contributed by atoms with van der Waals surface area (Å²) < 4.78 is 41.0. The Labute approximate surface area is 190 Å². The molecule has 32 heavy (non-hydrogen) atoms. The zero-order valence-electron chi connectivity index (χ0n) is 16.8. The monoisotopic (exact) mass is 514 g/mol. The van der Waals surface area contributed by atoms with E-state index < -0.39 is 74.4 Å². The average molecular weight is 514 g/mol. The Balaban J connectivity index is 2.21. The van der Waals surface area contributed by atoms with Gasteiger partial charge < -0.3 is 39.4 Å². The van der Waals surface area contributed by atoms with Crippen LogP contribution in [0.25, 0.3) is 0 Å². The Bertz CT molecular complexity index is 521. The highest BCUT2D eigenvalue weighted by molar-refractivity contribution is 7.89. The van der Waals surface area contributed by atoms with Crippen LogP contribution in [-0.4, -0.2) is 112 Å². The molecule has 4 unspecified atom stereocenters. The second-order valence-electron chi connectivity index (χ2n) is 6.61.